The van der Waals surface area contributed by atoms with Gasteiger partial charge < -0.3 is 5.11 Å². The molecule has 152 valence electrons. The van der Waals surface area contributed by atoms with E-state index in [-0.39, 0.29) is 6.42 Å². The number of benzene rings is 3. The zero-order chi connectivity index (χ0) is 21.3. The summed E-state index contributed by atoms with van der Waals surface area (Å²) in [7, 11) is 0. The summed E-state index contributed by atoms with van der Waals surface area (Å²) in [6, 6.07) is 19.3. The van der Waals surface area contributed by atoms with Gasteiger partial charge >= 0.3 is 5.97 Å². The third-order valence-corrected chi connectivity index (χ3v) is 6.74. The fraction of sp³-hybridized carbons (Fsp3) is 0.0870. The molecule has 4 rings (SSSR count). The highest BCUT2D eigenvalue weighted by atomic mass is 35.5. The maximum Gasteiger partial charge on any atom is 0.303 e. The van der Waals surface area contributed by atoms with Crippen LogP contribution in [0.5, 0.6) is 0 Å². The van der Waals surface area contributed by atoms with Crippen molar-refractivity contribution in [2.45, 2.75) is 17.7 Å². The predicted octanol–water partition coefficient (Wildman–Crippen LogP) is 7.84. The topological polar surface area (TPSA) is 42.2 Å². The third-order valence-electron chi connectivity index (χ3n) is 4.72. The van der Waals surface area contributed by atoms with Crippen molar-refractivity contribution in [2.75, 3.05) is 0 Å². The zero-order valence-electron chi connectivity index (χ0n) is 15.6. The first kappa shape index (κ1) is 21.1. The quantitative estimate of drug-likeness (QED) is 0.308. The number of carbonyl (C=O) groups is 1. The summed E-state index contributed by atoms with van der Waals surface area (Å²) < 4.78 is 2.04. The van der Waals surface area contributed by atoms with Crippen LogP contribution in [0.15, 0.2) is 71.8 Å². The van der Waals surface area contributed by atoms with Crippen molar-refractivity contribution >= 4 is 63.6 Å². The molecule has 4 aromatic rings. The highest BCUT2D eigenvalue weighted by molar-refractivity contribution is 7.98. The van der Waals surface area contributed by atoms with Gasteiger partial charge in [-0.05, 0) is 65.9 Å². The second-order valence-corrected chi connectivity index (χ2v) is 9.02. The summed E-state index contributed by atoms with van der Waals surface area (Å²) in [5.41, 5.74) is 3.78. The first-order chi connectivity index (χ1) is 14.4. The Morgan fingerprint density at radius 3 is 2.60 bits per heavy atom. The van der Waals surface area contributed by atoms with Crippen LogP contribution in [0.4, 0.5) is 0 Å². The molecule has 0 amide bonds. The fourth-order valence-corrected chi connectivity index (χ4v) is 4.88. The Morgan fingerprint density at radius 1 is 1.00 bits per heavy atom. The van der Waals surface area contributed by atoms with E-state index in [1.165, 1.54) is 0 Å². The molecule has 7 heteroatoms. The molecule has 0 saturated heterocycles. The molecule has 0 radical (unpaired) electrons. The summed E-state index contributed by atoms with van der Waals surface area (Å²) >= 11 is 20.3. The van der Waals surface area contributed by atoms with Crippen molar-refractivity contribution < 1.29 is 9.90 Å². The minimum atomic E-state index is -0.823. The molecule has 3 nitrogen and oxygen atoms in total. The van der Waals surface area contributed by atoms with Crippen LogP contribution in [-0.4, -0.2) is 15.0 Å². The van der Waals surface area contributed by atoms with E-state index < -0.39 is 5.97 Å². The lowest BCUT2D eigenvalue weighted by molar-refractivity contribution is -0.136. The van der Waals surface area contributed by atoms with Crippen LogP contribution in [-0.2, 0) is 11.2 Å². The number of rotatable bonds is 6. The first-order valence-corrected chi connectivity index (χ1v) is 11.1. The number of halogens is 3. The highest BCUT2D eigenvalue weighted by Gasteiger charge is 2.13. The second kappa shape index (κ2) is 8.94. The summed E-state index contributed by atoms with van der Waals surface area (Å²) in [5, 5.41) is 11.7. The molecule has 0 aliphatic carbocycles. The molecule has 0 bridgehead atoms. The van der Waals surface area contributed by atoms with Gasteiger partial charge in [0.15, 0.2) is 0 Å². The molecule has 0 aliphatic heterocycles. The van der Waals surface area contributed by atoms with Crippen molar-refractivity contribution in [3.63, 3.8) is 0 Å². The van der Waals surface area contributed by atoms with E-state index in [1.54, 1.807) is 18.0 Å². The largest absolute Gasteiger partial charge is 0.481 e. The van der Waals surface area contributed by atoms with Crippen LogP contribution in [0, 0.1) is 0 Å². The number of aromatic nitrogens is 1. The number of carboxylic acid groups (broad SMARTS) is 1. The van der Waals surface area contributed by atoms with Gasteiger partial charge in [-0.15, -0.1) is 0 Å². The van der Waals surface area contributed by atoms with Gasteiger partial charge in [0.2, 0.25) is 0 Å². The minimum Gasteiger partial charge on any atom is -0.481 e. The average Bonchev–Trinajstić information content (AvgIpc) is 3.05. The summed E-state index contributed by atoms with van der Waals surface area (Å²) in [6.07, 6.45) is 2.49. The summed E-state index contributed by atoms with van der Waals surface area (Å²) in [4.78, 5) is 12.1. The standard InChI is InChI=1S/C23H16Cl3NO2S/c24-16-8-9-21-19(12-16)15(7-10-22(28)29)13-27(21)30-17-4-1-3-14(11-17)18-5-2-6-20(25)23(18)26/h1-6,8-9,11-13H,7,10H2,(H,28,29). The Labute approximate surface area is 193 Å². The van der Waals surface area contributed by atoms with Gasteiger partial charge in [0.1, 0.15) is 0 Å². The number of hydrogen-bond donors (Lipinski definition) is 1. The van der Waals surface area contributed by atoms with Crippen LogP contribution in [0.2, 0.25) is 15.1 Å². The van der Waals surface area contributed by atoms with Crippen LogP contribution >= 0.6 is 46.8 Å². The molecular weight excluding hydrogens is 461 g/mol. The van der Waals surface area contributed by atoms with E-state index in [0.717, 1.165) is 32.5 Å². The van der Waals surface area contributed by atoms with E-state index in [9.17, 15) is 4.79 Å². The monoisotopic (exact) mass is 475 g/mol. The van der Waals surface area contributed by atoms with Crippen molar-refractivity contribution in [1.82, 2.24) is 3.97 Å². The third kappa shape index (κ3) is 4.47. The molecule has 30 heavy (non-hydrogen) atoms. The predicted molar refractivity (Wildman–Crippen MR) is 126 cm³/mol. The molecule has 0 unspecified atom stereocenters. The average molecular weight is 477 g/mol. The molecule has 0 saturated carbocycles. The molecule has 3 aromatic carbocycles. The van der Waals surface area contributed by atoms with Gasteiger partial charge in [-0.3, -0.25) is 8.77 Å². The van der Waals surface area contributed by atoms with Gasteiger partial charge in [-0.25, -0.2) is 0 Å². The molecule has 0 spiro atoms. The lowest BCUT2D eigenvalue weighted by atomic mass is 10.1. The van der Waals surface area contributed by atoms with E-state index in [2.05, 4.69) is 6.07 Å². The molecule has 0 fully saturated rings. The smallest absolute Gasteiger partial charge is 0.303 e. The highest BCUT2D eigenvalue weighted by Crippen LogP contribution is 2.36. The van der Waals surface area contributed by atoms with Gasteiger partial charge in [0.25, 0.3) is 0 Å². The first-order valence-electron chi connectivity index (χ1n) is 9.16. The molecular formula is C23H16Cl3NO2S. The van der Waals surface area contributed by atoms with E-state index in [4.69, 9.17) is 39.9 Å². The molecule has 1 N–H and O–H groups in total. The Hall–Kier alpha value is -2.11. The minimum absolute atomic E-state index is 0.0685. The Morgan fingerprint density at radius 2 is 1.80 bits per heavy atom. The Balaban J connectivity index is 1.71. The normalized spacial score (nSPS) is 11.2. The Bertz CT molecular complexity index is 1250. The van der Waals surface area contributed by atoms with Crippen LogP contribution in [0.25, 0.3) is 22.0 Å². The number of nitrogens with zero attached hydrogens (tertiary/aromatic N) is 1. The van der Waals surface area contributed by atoms with Crippen LogP contribution in [0.1, 0.15) is 12.0 Å². The molecule has 1 heterocycles. The van der Waals surface area contributed by atoms with Crippen LogP contribution < -0.4 is 0 Å². The Kier molecular flexibility index (Phi) is 6.30. The maximum atomic E-state index is 11.0. The van der Waals surface area contributed by atoms with E-state index in [1.807, 2.05) is 58.7 Å². The summed E-state index contributed by atoms with van der Waals surface area (Å²) in [5.74, 6) is -0.823. The fourth-order valence-electron chi connectivity index (χ4n) is 3.32. The number of aliphatic carboxylic acids is 1. The van der Waals surface area contributed by atoms with Crippen molar-refractivity contribution in [2.24, 2.45) is 0 Å². The lowest BCUT2D eigenvalue weighted by Gasteiger charge is -2.09. The summed E-state index contributed by atoms with van der Waals surface area (Å²) in [6.45, 7) is 0. The molecule has 0 atom stereocenters. The van der Waals surface area contributed by atoms with Crippen LogP contribution in [0.3, 0.4) is 0 Å². The van der Waals surface area contributed by atoms with Gasteiger partial charge in [-0.1, -0.05) is 59.1 Å². The molecule has 1 aromatic heterocycles. The van der Waals surface area contributed by atoms with Crippen molar-refractivity contribution in [3.8, 4) is 11.1 Å². The number of fused-ring (bicyclic) bond motifs is 1. The van der Waals surface area contributed by atoms with E-state index >= 15 is 0 Å². The number of carboxylic acids is 1. The zero-order valence-corrected chi connectivity index (χ0v) is 18.7. The second-order valence-electron chi connectivity index (χ2n) is 6.76. The van der Waals surface area contributed by atoms with Gasteiger partial charge in [0, 0.05) is 33.5 Å². The van der Waals surface area contributed by atoms with Crippen molar-refractivity contribution in [3.05, 3.63) is 87.5 Å². The van der Waals surface area contributed by atoms with Gasteiger partial charge in [-0.2, -0.15) is 0 Å². The lowest BCUT2D eigenvalue weighted by Crippen LogP contribution is -1.96. The van der Waals surface area contributed by atoms with E-state index in [0.29, 0.717) is 21.5 Å². The SMILES string of the molecule is O=C(O)CCc1cn(Sc2cccc(-c3cccc(Cl)c3Cl)c2)c2ccc(Cl)cc12. The molecule has 0 aliphatic rings. The van der Waals surface area contributed by atoms with Gasteiger partial charge in [0.05, 0.1) is 15.6 Å². The number of hydrogen-bond acceptors (Lipinski definition) is 2. The van der Waals surface area contributed by atoms with Crippen molar-refractivity contribution in [1.29, 1.82) is 0 Å². The maximum absolute atomic E-state index is 11.0. The number of aryl methyl sites for hydroxylation is 1.